The van der Waals surface area contributed by atoms with Gasteiger partial charge in [0.2, 0.25) is 0 Å². The second-order valence-electron chi connectivity index (χ2n) is 5.62. The third kappa shape index (κ3) is 3.94. The molecule has 0 spiro atoms. The molecule has 0 aliphatic rings. The Morgan fingerprint density at radius 3 is 2.65 bits per heavy atom. The maximum atomic E-state index is 10.1. The number of rotatable bonds is 6. The number of hydrogen-bond acceptors (Lipinski definition) is 2. The van der Waals surface area contributed by atoms with Crippen molar-refractivity contribution in [2.75, 3.05) is 0 Å². The summed E-state index contributed by atoms with van der Waals surface area (Å²) in [5.41, 5.74) is 4.93. The van der Waals surface area contributed by atoms with E-state index in [-0.39, 0.29) is 0 Å². The molecule has 0 saturated heterocycles. The highest BCUT2D eigenvalue weighted by atomic mass is 16.3. The van der Waals surface area contributed by atoms with Gasteiger partial charge in [-0.2, -0.15) is 0 Å². The van der Waals surface area contributed by atoms with E-state index in [2.05, 4.69) is 42.0 Å². The van der Waals surface area contributed by atoms with Crippen molar-refractivity contribution in [1.82, 2.24) is 9.97 Å². The highest BCUT2D eigenvalue weighted by Gasteiger charge is 2.09. The lowest BCUT2D eigenvalue weighted by atomic mass is 9.99. The summed E-state index contributed by atoms with van der Waals surface area (Å²) < 4.78 is 0. The third-order valence-corrected chi connectivity index (χ3v) is 3.75. The molecule has 0 radical (unpaired) electrons. The molecule has 1 aromatic carbocycles. The summed E-state index contributed by atoms with van der Waals surface area (Å²) in [6.45, 7) is 6.19. The van der Waals surface area contributed by atoms with Crippen molar-refractivity contribution in [3.05, 3.63) is 52.6 Å². The van der Waals surface area contributed by atoms with Crippen molar-refractivity contribution in [3.8, 4) is 0 Å². The van der Waals surface area contributed by atoms with E-state index in [0.29, 0.717) is 0 Å². The average molecular weight is 272 g/mol. The standard InChI is InChI=1S/C17H24N2O/c1-12-8-9-15(13(2)10-12)6-4-5-7-17(20)16-11-18-14(3)19-16/h8-11,17,20H,4-7H2,1-3H3,(H,18,19). The van der Waals surface area contributed by atoms with Gasteiger partial charge < -0.3 is 10.1 Å². The maximum Gasteiger partial charge on any atom is 0.103 e. The number of benzene rings is 1. The van der Waals surface area contributed by atoms with E-state index in [1.807, 2.05) is 6.92 Å². The lowest BCUT2D eigenvalue weighted by Crippen LogP contribution is -1.99. The van der Waals surface area contributed by atoms with Crippen LogP contribution in [0.5, 0.6) is 0 Å². The summed E-state index contributed by atoms with van der Waals surface area (Å²) in [4.78, 5) is 7.21. The van der Waals surface area contributed by atoms with Gasteiger partial charge in [-0.25, -0.2) is 4.98 Å². The van der Waals surface area contributed by atoms with E-state index in [0.717, 1.165) is 37.2 Å². The summed E-state index contributed by atoms with van der Waals surface area (Å²) >= 11 is 0. The maximum absolute atomic E-state index is 10.1. The molecule has 1 heterocycles. The molecule has 1 unspecified atom stereocenters. The van der Waals surface area contributed by atoms with Crippen LogP contribution in [-0.2, 0) is 6.42 Å². The van der Waals surface area contributed by atoms with Crippen LogP contribution in [0.15, 0.2) is 24.4 Å². The lowest BCUT2D eigenvalue weighted by Gasteiger charge is -2.09. The molecule has 0 aliphatic heterocycles. The van der Waals surface area contributed by atoms with Crippen LogP contribution >= 0.6 is 0 Å². The lowest BCUT2D eigenvalue weighted by molar-refractivity contribution is 0.159. The normalized spacial score (nSPS) is 12.6. The summed E-state index contributed by atoms with van der Waals surface area (Å²) in [6.07, 6.45) is 5.30. The highest BCUT2D eigenvalue weighted by Crippen LogP contribution is 2.19. The largest absolute Gasteiger partial charge is 0.387 e. The zero-order chi connectivity index (χ0) is 14.5. The van der Waals surface area contributed by atoms with Crippen molar-refractivity contribution < 1.29 is 5.11 Å². The fraction of sp³-hybridized carbons (Fsp3) is 0.471. The van der Waals surface area contributed by atoms with Crippen LogP contribution in [0.2, 0.25) is 0 Å². The van der Waals surface area contributed by atoms with Gasteiger partial charge in [0.1, 0.15) is 5.82 Å². The third-order valence-electron chi connectivity index (χ3n) is 3.75. The number of imidazole rings is 1. The second kappa shape index (κ2) is 6.71. The molecule has 20 heavy (non-hydrogen) atoms. The molecule has 0 aliphatic carbocycles. The SMILES string of the molecule is Cc1ccc(CCCCC(O)c2cnc(C)[nH]2)c(C)c1. The van der Waals surface area contributed by atoms with Gasteiger partial charge in [0.25, 0.3) is 0 Å². The molecule has 3 heteroatoms. The Bertz CT molecular complexity index is 560. The summed E-state index contributed by atoms with van der Waals surface area (Å²) in [6, 6.07) is 6.63. The topological polar surface area (TPSA) is 48.9 Å². The van der Waals surface area contributed by atoms with Gasteiger partial charge in [-0.1, -0.05) is 30.2 Å². The number of aromatic amines is 1. The van der Waals surface area contributed by atoms with E-state index in [1.165, 1.54) is 16.7 Å². The van der Waals surface area contributed by atoms with Gasteiger partial charge in [-0.05, 0) is 51.2 Å². The van der Waals surface area contributed by atoms with E-state index in [4.69, 9.17) is 0 Å². The molecule has 0 bridgehead atoms. The second-order valence-corrected chi connectivity index (χ2v) is 5.62. The monoisotopic (exact) mass is 272 g/mol. The molecular formula is C17H24N2O. The first-order valence-corrected chi connectivity index (χ1v) is 7.32. The Balaban J connectivity index is 1.76. The van der Waals surface area contributed by atoms with Crippen molar-refractivity contribution in [1.29, 1.82) is 0 Å². The molecule has 2 rings (SSSR count). The molecule has 108 valence electrons. The van der Waals surface area contributed by atoms with Gasteiger partial charge in [-0.15, -0.1) is 0 Å². The zero-order valence-electron chi connectivity index (χ0n) is 12.6. The van der Waals surface area contributed by atoms with E-state index >= 15 is 0 Å². The first-order valence-electron chi connectivity index (χ1n) is 7.32. The summed E-state index contributed by atoms with van der Waals surface area (Å²) in [5.74, 6) is 0.856. The predicted octanol–water partition coefficient (Wildman–Crippen LogP) is 3.78. The summed E-state index contributed by atoms with van der Waals surface area (Å²) in [7, 11) is 0. The molecule has 3 nitrogen and oxygen atoms in total. The molecule has 2 N–H and O–H groups in total. The molecule has 1 atom stereocenters. The predicted molar refractivity (Wildman–Crippen MR) is 81.8 cm³/mol. The van der Waals surface area contributed by atoms with Crippen LogP contribution in [0.4, 0.5) is 0 Å². The Morgan fingerprint density at radius 2 is 2.00 bits per heavy atom. The number of aliphatic hydroxyl groups excluding tert-OH is 1. The quantitative estimate of drug-likeness (QED) is 0.786. The number of unbranched alkanes of at least 4 members (excludes halogenated alkanes) is 1. The van der Waals surface area contributed by atoms with Crippen LogP contribution in [0.3, 0.4) is 0 Å². The fourth-order valence-corrected chi connectivity index (χ4v) is 2.54. The van der Waals surface area contributed by atoms with E-state index < -0.39 is 6.10 Å². The Labute approximate surface area is 121 Å². The molecular weight excluding hydrogens is 248 g/mol. The minimum Gasteiger partial charge on any atom is -0.387 e. The first kappa shape index (κ1) is 14.8. The van der Waals surface area contributed by atoms with Crippen molar-refractivity contribution in [2.45, 2.75) is 52.6 Å². The highest BCUT2D eigenvalue weighted by molar-refractivity contribution is 5.30. The van der Waals surface area contributed by atoms with Crippen LogP contribution in [0.1, 0.15) is 53.6 Å². The van der Waals surface area contributed by atoms with Crippen LogP contribution in [0, 0.1) is 20.8 Å². The van der Waals surface area contributed by atoms with Gasteiger partial charge >= 0.3 is 0 Å². The van der Waals surface area contributed by atoms with Crippen LogP contribution in [-0.4, -0.2) is 15.1 Å². The minimum absolute atomic E-state index is 0.421. The number of H-pyrrole nitrogens is 1. The van der Waals surface area contributed by atoms with Crippen molar-refractivity contribution in [2.24, 2.45) is 0 Å². The van der Waals surface area contributed by atoms with Crippen molar-refractivity contribution >= 4 is 0 Å². The number of aryl methyl sites for hydroxylation is 4. The Kier molecular flexibility index (Phi) is 4.96. The van der Waals surface area contributed by atoms with E-state index in [1.54, 1.807) is 6.20 Å². The van der Waals surface area contributed by atoms with Crippen LogP contribution < -0.4 is 0 Å². The van der Waals surface area contributed by atoms with Gasteiger partial charge in [0.15, 0.2) is 0 Å². The Morgan fingerprint density at radius 1 is 1.20 bits per heavy atom. The van der Waals surface area contributed by atoms with E-state index in [9.17, 15) is 5.11 Å². The van der Waals surface area contributed by atoms with Crippen molar-refractivity contribution in [3.63, 3.8) is 0 Å². The number of aliphatic hydroxyl groups is 1. The molecule has 0 amide bonds. The molecule has 0 saturated carbocycles. The fourth-order valence-electron chi connectivity index (χ4n) is 2.54. The minimum atomic E-state index is -0.421. The first-order chi connectivity index (χ1) is 9.56. The summed E-state index contributed by atoms with van der Waals surface area (Å²) in [5, 5.41) is 10.1. The average Bonchev–Trinajstić information content (AvgIpc) is 2.83. The number of nitrogens with one attached hydrogen (secondary N) is 1. The number of aromatic nitrogens is 2. The van der Waals surface area contributed by atoms with Gasteiger partial charge in [0, 0.05) is 0 Å². The Hall–Kier alpha value is -1.61. The number of nitrogens with zero attached hydrogens (tertiary/aromatic N) is 1. The number of hydrogen-bond donors (Lipinski definition) is 2. The van der Waals surface area contributed by atoms with Gasteiger partial charge in [-0.3, -0.25) is 0 Å². The van der Waals surface area contributed by atoms with Crippen LogP contribution in [0.25, 0.3) is 0 Å². The smallest absolute Gasteiger partial charge is 0.103 e. The molecule has 2 aromatic rings. The zero-order valence-corrected chi connectivity index (χ0v) is 12.6. The molecule has 0 fully saturated rings. The van der Waals surface area contributed by atoms with Gasteiger partial charge in [0.05, 0.1) is 18.0 Å². The molecule has 1 aromatic heterocycles.